The van der Waals surface area contributed by atoms with Gasteiger partial charge in [-0.3, -0.25) is 0 Å². The lowest BCUT2D eigenvalue weighted by Crippen LogP contribution is -2.47. The Morgan fingerprint density at radius 1 is 0.652 bits per heavy atom. The molecular formula is C22H20S. The maximum atomic E-state index is 2.35. The normalized spacial score (nSPS) is 22.3. The predicted molar refractivity (Wildman–Crippen MR) is 99.9 cm³/mol. The Kier molecular flexibility index (Phi) is 3.74. The summed E-state index contributed by atoms with van der Waals surface area (Å²) in [7, 11) is 0. The summed E-state index contributed by atoms with van der Waals surface area (Å²) in [5, 5.41) is 0.609. The zero-order valence-electron chi connectivity index (χ0n) is 13.2. The molecule has 1 aliphatic heterocycles. The summed E-state index contributed by atoms with van der Waals surface area (Å²) in [6.45, 7) is 2.35. The molecule has 1 aliphatic rings. The highest BCUT2D eigenvalue weighted by Crippen LogP contribution is 2.66. The van der Waals surface area contributed by atoms with Gasteiger partial charge in [-0.2, -0.15) is 0 Å². The molecule has 2 atom stereocenters. The van der Waals surface area contributed by atoms with Crippen LogP contribution in [0.5, 0.6) is 0 Å². The Morgan fingerprint density at radius 3 is 1.52 bits per heavy atom. The van der Waals surface area contributed by atoms with Crippen LogP contribution in [0, 0.1) is 0 Å². The fraction of sp³-hybridized carbons (Fsp3) is 0.182. The molecule has 1 saturated heterocycles. The van der Waals surface area contributed by atoms with Crippen molar-refractivity contribution in [1.82, 2.24) is 0 Å². The Labute approximate surface area is 142 Å². The van der Waals surface area contributed by atoms with E-state index in [1.807, 2.05) is 0 Å². The van der Waals surface area contributed by atoms with Crippen molar-refractivity contribution in [2.75, 3.05) is 0 Å². The third-order valence-corrected chi connectivity index (χ3v) is 6.58. The lowest BCUT2D eigenvalue weighted by Gasteiger charge is -2.54. The number of thioether (sulfide) groups is 1. The van der Waals surface area contributed by atoms with E-state index in [0.29, 0.717) is 11.2 Å². The standard InChI is InChI=1S/C22H20S/c1-17-21(18-11-5-2-6-12-18)22(23-17,19-13-7-3-8-14-19)20-15-9-4-10-16-20/h2-17,21H,1H3/t17-,21+/m1/s1. The Hall–Kier alpha value is -1.99. The van der Waals surface area contributed by atoms with Crippen LogP contribution in [-0.4, -0.2) is 5.25 Å². The highest BCUT2D eigenvalue weighted by atomic mass is 32.2. The molecule has 0 unspecified atom stereocenters. The molecule has 0 N–H and O–H groups in total. The summed E-state index contributed by atoms with van der Waals surface area (Å²) in [5.74, 6) is 0.499. The van der Waals surface area contributed by atoms with E-state index in [-0.39, 0.29) is 4.75 Å². The van der Waals surface area contributed by atoms with Crippen molar-refractivity contribution in [1.29, 1.82) is 0 Å². The van der Waals surface area contributed by atoms with Gasteiger partial charge in [0.25, 0.3) is 0 Å². The molecule has 0 nitrogen and oxygen atoms in total. The van der Waals surface area contributed by atoms with Crippen molar-refractivity contribution >= 4 is 11.8 Å². The van der Waals surface area contributed by atoms with Gasteiger partial charge >= 0.3 is 0 Å². The van der Waals surface area contributed by atoms with Gasteiger partial charge in [0.1, 0.15) is 0 Å². The molecule has 0 aliphatic carbocycles. The summed E-state index contributed by atoms with van der Waals surface area (Å²) in [6.07, 6.45) is 0. The summed E-state index contributed by atoms with van der Waals surface area (Å²) in [4.78, 5) is 0. The smallest absolute Gasteiger partial charge is 0.0738 e. The molecule has 3 aromatic carbocycles. The Balaban J connectivity index is 1.91. The Morgan fingerprint density at radius 2 is 1.09 bits per heavy atom. The molecule has 3 aromatic rings. The second kappa shape index (κ2) is 5.90. The largest absolute Gasteiger partial charge is 0.141 e. The van der Waals surface area contributed by atoms with Crippen LogP contribution in [0.3, 0.4) is 0 Å². The fourth-order valence-corrected chi connectivity index (χ4v) is 5.78. The van der Waals surface area contributed by atoms with Crippen molar-refractivity contribution < 1.29 is 0 Å². The minimum Gasteiger partial charge on any atom is -0.141 e. The molecule has 114 valence electrons. The molecule has 4 rings (SSSR count). The van der Waals surface area contributed by atoms with Crippen molar-refractivity contribution in [3.63, 3.8) is 0 Å². The highest BCUT2D eigenvalue weighted by Gasteiger charge is 2.55. The van der Waals surface area contributed by atoms with Gasteiger partial charge in [0.15, 0.2) is 0 Å². The first-order valence-electron chi connectivity index (χ1n) is 8.16. The van der Waals surface area contributed by atoms with Gasteiger partial charge in [0.05, 0.1) is 4.75 Å². The molecule has 1 heterocycles. The summed E-state index contributed by atoms with van der Waals surface area (Å²) >= 11 is 2.09. The van der Waals surface area contributed by atoms with Crippen molar-refractivity contribution in [3.05, 3.63) is 108 Å². The first-order chi connectivity index (χ1) is 11.3. The van der Waals surface area contributed by atoms with Crippen LogP contribution in [0.25, 0.3) is 0 Å². The van der Waals surface area contributed by atoms with Crippen LogP contribution < -0.4 is 0 Å². The van der Waals surface area contributed by atoms with Crippen LogP contribution in [0.2, 0.25) is 0 Å². The van der Waals surface area contributed by atoms with E-state index in [4.69, 9.17) is 0 Å². The molecule has 0 aromatic heterocycles. The van der Waals surface area contributed by atoms with E-state index in [1.54, 1.807) is 0 Å². The van der Waals surface area contributed by atoms with E-state index in [1.165, 1.54) is 16.7 Å². The van der Waals surface area contributed by atoms with Crippen molar-refractivity contribution in [2.45, 2.75) is 22.8 Å². The van der Waals surface area contributed by atoms with Crippen LogP contribution >= 0.6 is 11.8 Å². The van der Waals surface area contributed by atoms with Gasteiger partial charge in [-0.25, -0.2) is 0 Å². The monoisotopic (exact) mass is 316 g/mol. The number of benzene rings is 3. The van der Waals surface area contributed by atoms with E-state index in [9.17, 15) is 0 Å². The molecule has 0 amide bonds. The van der Waals surface area contributed by atoms with Gasteiger partial charge in [0.2, 0.25) is 0 Å². The second-order valence-corrected chi connectivity index (χ2v) is 7.80. The summed E-state index contributed by atoms with van der Waals surface area (Å²) < 4.78 is 0.0172. The van der Waals surface area contributed by atoms with E-state index in [0.717, 1.165) is 0 Å². The minimum atomic E-state index is 0.0172. The minimum absolute atomic E-state index is 0.0172. The van der Waals surface area contributed by atoms with E-state index in [2.05, 4.69) is 110 Å². The van der Waals surface area contributed by atoms with Crippen molar-refractivity contribution in [2.24, 2.45) is 0 Å². The van der Waals surface area contributed by atoms with Gasteiger partial charge in [-0.05, 0) is 16.7 Å². The zero-order chi connectivity index (χ0) is 15.7. The van der Waals surface area contributed by atoms with E-state index < -0.39 is 0 Å². The molecular weight excluding hydrogens is 296 g/mol. The SMILES string of the molecule is C[C@H]1SC(c2ccccc2)(c2ccccc2)[C@@H]1c1ccccc1. The van der Waals surface area contributed by atoms with Crippen molar-refractivity contribution in [3.8, 4) is 0 Å². The van der Waals surface area contributed by atoms with Gasteiger partial charge in [0, 0.05) is 11.2 Å². The lowest BCUT2D eigenvalue weighted by molar-refractivity contribution is 0.499. The quantitative estimate of drug-likeness (QED) is 0.584. The third kappa shape index (κ3) is 2.31. The second-order valence-electron chi connectivity index (χ2n) is 6.18. The third-order valence-electron chi connectivity index (χ3n) is 4.84. The molecule has 1 heteroatoms. The maximum Gasteiger partial charge on any atom is 0.0738 e. The number of hydrogen-bond acceptors (Lipinski definition) is 1. The van der Waals surface area contributed by atoms with E-state index >= 15 is 0 Å². The molecule has 0 bridgehead atoms. The Bertz CT molecular complexity index is 725. The summed E-state index contributed by atoms with van der Waals surface area (Å²) in [5.41, 5.74) is 4.25. The topological polar surface area (TPSA) is 0 Å². The number of hydrogen-bond donors (Lipinski definition) is 0. The predicted octanol–water partition coefficient (Wildman–Crippen LogP) is 5.85. The molecule has 0 radical (unpaired) electrons. The van der Waals surface area contributed by atoms with Crippen LogP contribution in [-0.2, 0) is 4.75 Å². The summed E-state index contributed by atoms with van der Waals surface area (Å²) in [6, 6.07) is 32.9. The maximum absolute atomic E-state index is 2.35. The average molecular weight is 316 g/mol. The molecule has 0 spiro atoms. The fourth-order valence-electron chi connectivity index (χ4n) is 3.89. The van der Waals surface area contributed by atoms with Crippen LogP contribution in [0.4, 0.5) is 0 Å². The van der Waals surface area contributed by atoms with Crippen LogP contribution in [0.15, 0.2) is 91.0 Å². The van der Waals surface area contributed by atoms with Gasteiger partial charge in [-0.15, -0.1) is 11.8 Å². The first kappa shape index (κ1) is 14.6. The average Bonchev–Trinajstić information content (AvgIpc) is 2.62. The van der Waals surface area contributed by atoms with Gasteiger partial charge < -0.3 is 0 Å². The van der Waals surface area contributed by atoms with Gasteiger partial charge in [-0.1, -0.05) is 97.9 Å². The molecule has 1 fully saturated rings. The highest BCUT2D eigenvalue weighted by molar-refractivity contribution is 8.02. The van der Waals surface area contributed by atoms with Crippen LogP contribution in [0.1, 0.15) is 29.5 Å². The zero-order valence-corrected chi connectivity index (χ0v) is 14.0. The molecule has 23 heavy (non-hydrogen) atoms. The first-order valence-corrected chi connectivity index (χ1v) is 9.04. The lowest BCUT2D eigenvalue weighted by atomic mass is 9.73. The number of rotatable bonds is 3. The molecule has 0 saturated carbocycles.